The summed E-state index contributed by atoms with van der Waals surface area (Å²) in [6.07, 6.45) is 3.72. The summed E-state index contributed by atoms with van der Waals surface area (Å²) in [7, 11) is 0. The quantitative estimate of drug-likeness (QED) is 0.728. The molecule has 0 saturated heterocycles. The molecule has 0 spiro atoms. The van der Waals surface area contributed by atoms with E-state index < -0.39 is 0 Å². The third-order valence-corrected chi connectivity index (χ3v) is 2.48. The molecule has 0 aromatic heterocycles. The Kier molecular flexibility index (Phi) is 3.28. The molecule has 1 aliphatic rings. The van der Waals surface area contributed by atoms with Crippen LogP contribution >= 0.6 is 0 Å². The molecule has 1 rings (SSSR count). The molecule has 1 N–H and O–H groups in total. The number of rotatable bonds is 3. The summed E-state index contributed by atoms with van der Waals surface area (Å²) in [5.41, 5.74) is 3.06. The Morgan fingerprint density at radius 2 is 2.21 bits per heavy atom. The van der Waals surface area contributed by atoms with Crippen molar-refractivity contribution in [1.29, 1.82) is 0 Å². The summed E-state index contributed by atoms with van der Waals surface area (Å²) in [5, 5.41) is 2.82. The van der Waals surface area contributed by atoms with E-state index in [4.69, 9.17) is 0 Å². The normalized spacial score (nSPS) is 17.7. The predicted octanol–water partition coefficient (Wildman–Crippen LogP) is 2.20. The van der Waals surface area contributed by atoms with Crippen molar-refractivity contribution < 1.29 is 4.79 Å². The van der Waals surface area contributed by atoms with Crippen LogP contribution < -0.4 is 5.32 Å². The molecule has 0 aliphatic carbocycles. The second-order valence-corrected chi connectivity index (χ2v) is 3.68. The zero-order valence-corrected chi connectivity index (χ0v) is 9.05. The molecule has 0 aromatic rings. The molecule has 0 unspecified atom stereocenters. The Morgan fingerprint density at radius 1 is 1.57 bits per heavy atom. The molecule has 0 atom stereocenters. The molecule has 14 heavy (non-hydrogen) atoms. The molecule has 1 heterocycles. The molecular formula is C12H17NO. The molecule has 1 aliphatic heterocycles. The second-order valence-electron chi connectivity index (χ2n) is 3.68. The van der Waals surface area contributed by atoms with Gasteiger partial charge in [-0.1, -0.05) is 32.6 Å². The zero-order valence-electron chi connectivity index (χ0n) is 9.05. The number of allylic oxidation sites excluding steroid dienone is 1. The first kappa shape index (κ1) is 10.8. The van der Waals surface area contributed by atoms with E-state index in [1.165, 1.54) is 5.57 Å². The highest BCUT2D eigenvalue weighted by atomic mass is 16.1. The van der Waals surface area contributed by atoms with Gasteiger partial charge in [0.1, 0.15) is 0 Å². The minimum absolute atomic E-state index is 0.00463. The van der Waals surface area contributed by atoms with E-state index in [0.717, 1.165) is 11.1 Å². The van der Waals surface area contributed by atoms with Gasteiger partial charge in [-0.2, -0.15) is 0 Å². The van der Waals surface area contributed by atoms with E-state index in [-0.39, 0.29) is 5.91 Å². The second kappa shape index (κ2) is 4.27. The maximum absolute atomic E-state index is 11.4. The van der Waals surface area contributed by atoms with Crippen LogP contribution in [-0.4, -0.2) is 12.5 Å². The van der Waals surface area contributed by atoms with Gasteiger partial charge in [0.15, 0.2) is 0 Å². The number of carbonyl (C=O) groups excluding carboxylic acids is 1. The van der Waals surface area contributed by atoms with Crippen molar-refractivity contribution in [3.63, 3.8) is 0 Å². The lowest BCUT2D eigenvalue weighted by molar-refractivity contribution is -0.116. The molecular weight excluding hydrogens is 174 g/mol. The highest BCUT2D eigenvalue weighted by Crippen LogP contribution is 2.25. The monoisotopic (exact) mass is 191 g/mol. The van der Waals surface area contributed by atoms with E-state index in [2.05, 4.69) is 31.8 Å². The summed E-state index contributed by atoms with van der Waals surface area (Å²) >= 11 is 0. The first-order valence-corrected chi connectivity index (χ1v) is 4.92. The van der Waals surface area contributed by atoms with E-state index in [1.54, 1.807) is 6.08 Å². The van der Waals surface area contributed by atoms with E-state index in [0.29, 0.717) is 12.5 Å². The Labute approximate surface area is 85.4 Å². The van der Waals surface area contributed by atoms with Crippen LogP contribution in [0.1, 0.15) is 20.8 Å². The molecule has 0 bridgehead atoms. The fourth-order valence-electron chi connectivity index (χ4n) is 1.83. The van der Waals surface area contributed by atoms with Gasteiger partial charge in [-0.3, -0.25) is 4.79 Å². The van der Waals surface area contributed by atoms with Gasteiger partial charge in [-0.25, -0.2) is 0 Å². The van der Waals surface area contributed by atoms with Gasteiger partial charge in [0.2, 0.25) is 0 Å². The lowest BCUT2D eigenvalue weighted by Crippen LogP contribution is -2.17. The Bertz CT molecular complexity index is 321. The Morgan fingerprint density at radius 3 is 2.64 bits per heavy atom. The highest BCUT2D eigenvalue weighted by molar-refractivity contribution is 6.00. The number of nitrogens with one attached hydrogen (secondary N) is 1. The minimum atomic E-state index is -0.00463. The van der Waals surface area contributed by atoms with Gasteiger partial charge in [-0.15, -0.1) is 0 Å². The average molecular weight is 191 g/mol. The average Bonchev–Trinajstić information content (AvgIpc) is 2.48. The van der Waals surface area contributed by atoms with E-state index in [9.17, 15) is 4.79 Å². The summed E-state index contributed by atoms with van der Waals surface area (Å²) in [6, 6.07) is 0. The van der Waals surface area contributed by atoms with Crippen molar-refractivity contribution >= 4 is 5.91 Å². The minimum Gasteiger partial charge on any atom is -0.348 e. The standard InChI is InChI=1S/C12H17NO/c1-5-9(8(3)4)11-7-13-12(14)10(11)6-2/h5-6,8H,2,7H2,1,3-4H3,(H,13,14)/b9-5-. The van der Waals surface area contributed by atoms with Crippen molar-refractivity contribution in [2.45, 2.75) is 20.8 Å². The zero-order chi connectivity index (χ0) is 10.7. The van der Waals surface area contributed by atoms with Gasteiger partial charge < -0.3 is 5.32 Å². The third kappa shape index (κ3) is 1.79. The largest absolute Gasteiger partial charge is 0.348 e. The van der Waals surface area contributed by atoms with Crippen LogP contribution in [0.5, 0.6) is 0 Å². The van der Waals surface area contributed by atoms with Gasteiger partial charge in [0.25, 0.3) is 5.91 Å². The van der Waals surface area contributed by atoms with Crippen molar-refractivity contribution in [1.82, 2.24) is 5.32 Å². The van der Waals surface area contributed by atoms with Crippen LogP contribution in [0, 0.1) is 5.92 Å². The fourth-order valence-corrected chi connectivity index (χ4v) is 1.83. The molecule has 0 radical (unpaired) electrons. The SMILES string of the molecule is C=CC1=C(/C(=C\C)C(C)C)CNC1=O. The van der Waals surface area contributed by atoms with Gasteiger partial charge >= 0.3 is 0 Å². The molecule has 0 saturated carbocycles. The summed E-state index contributed by atoms with van der Waals surface area (Å²) < 4.78 is 0. The molecule has 1 amide bonds. The number of carbonyl (C=O) groups is 1. The van der Waals surface area contributed by atoms with Crippen LogP contribution in [0.25, 0.3) is 0 Å². The fraction of sp³-hybridized carbons (Fsp3) is 0.417. The molecule has 2 heteroatoms. The summed E-state index contributed by atoms with van der Waals surface area (Å²) in [6.45, 7) is 10.6. The Balaban J connectivity index is 3.13. The lowest BCUT2D eigenvalue weighted by Gasteiger charge is -2.12. The Hall–Kier alpha value is -1.31. The van der Waals surface area contributed by atoms with Crippen LogP contribution in [0.15, 0.2) is 35.5 Å². The van der Waals surface area contributed by atoms with E-state index in [1.807, 2.05) is 6.92 Å². The first-order chi connectivity index (χ1) is 6.61. The molecule has 0 aromatic carbocycles. The van der Waals surface area contributed by atoms with E-state index >= 15 is 0 Å². The first-order valence-electron chi connectivity index (χ1n) is 4.92. The number of hydrogen-bond acceptors (Lipinski definition) is 1. The van der Waals surface area contributed by atoms with Crippen molar-refractivity contribution in [3.05, 3.63) is 35.5 Å². The summed E-state index contributed by atoms with van der Waals surface area (Å²) in [5.74, 6) is 0.438. The summed E-state index contributed by atoms with van der Waals surface area (Å²) in [4.78, 5) is 11.4. The van der Waals surface area contributed by atoms with Crippen LogP contribution in [-0.2, 0) is 4.79 Å². The van der Waals surface area contributed by atoms with Crippen LogP contribution in [0.3, 0.4) is 0 Å². The van der Waals surface area contributed by atoms with Crippen molar-refractivity contribution in [2.75, 3.05) is 6.54 Å². The van der Waals surface area contributed by atoms with Crippen molar-refractivity contribution in [2.24, 2.45) is 5.92 Å². The van der Waals surface area contributed by atoms with Crippen LogP contribution in [0.4, 0.5) is 0 Å². The predicted molar refractivity (Wildman–Crippen MR) is 58.8 cm³/mol. The smallest absolute Gasteiger partial charge is 0.251 e. The van der Waals surface area contributed by atoms with Gasteiger partial charge in [-0.05, 0) is 24.0 Å². The third-order valence-electron chi connectivity index (χ3n) is 2.48. The number of amides is 1. The maximum Gasteiger partial charge on any atom is 0.251 e. The maximum atomic E-state index is 11.4. The molecule has 2 nitrogen and oxygen atoms in total. The number of hydrogen-bond donors (Lipinski definition) is 1. The molecule has 76 valence electrons. The topological polar surface area (TPSA) is 29.1 Å². The van der Waals surface area contributed by atoms with Gasteiger partial charge in [0, 0.05) is 12.1 Å². The lowest BCUT2D eigenvalue weighted by atomic mass is 9.93. The van der Waals surface area contributed by atoms with Crippen molar-refractivity contribution in [3.8, 4) is 0 Å². The molecule has 0 fully saturated rings. The van der Waals surface area contributed by atoms with Crippen LogP contribution in [0.2, 0.25) is 0 Å². The highest BCUT2D eigenvalue weighted by Gasteiger charge is 2.23. The van der Waals surface area contributed by atoms with Gasteiger partial charge in [0.05, 0.1) is 0 Å².